The fourth-order valence-electron chi connectivity index (χ4n) is 2.38. The van der Waals surface area contributed by atoms with Crippen LogP contribution < -0.4 is 11.5 Å². The maximum Gasteiger partial charge on any atom is 0.217 e. The molecule has 0 fully saturated rings. The second kappa shape index (κ2) is 7.95. The standard InChI is InChI=1S/C16H26N2O/c1-3-12-9-10-14(11-13(12)4-2)15(17)7-5-6-8-16(18)19/h9-11,15H,3-8,17H2,1-2H3,(H2,18,19). The van der Waals surface area contributed by atoms with Gasteiger partial charge in [-0.3, -0.25) is 4.79 Å². The summed E-state index contributed by atoms with van der Waals surface area (Å²) in [6, 6.07) is 6.62. The Morgan fingerprint density at radius 1 is 1.16 bits per heavy atom. The Balaban J connectivity index is 2.56. The van der Waals surface area contributed by atoms with Gasteiger partial charge in [-0.1, -0.05) is 38.5 Å². The van der Waals surface area contributed by atoms with Crippen LogP contribution in [0.2, 0.25) is 0 Å². The molecule has 1 aromatic carbocycles. The summed E-state index contributed by atoms with van der Waals surface area (Å²) in [5.74, 6) is -0.228. The number of amides is 1. The van der Waals surface area contributed by atoms with Crippen molar-refractivity contribution < 1.29 is 4.79 Å². The van der Waals surface area contributed by atoms with E-state index in [2.05, 4.69) is 32.0 Å². The number of benzene rings is 1. The minimum Gasteiger partial charge on any atom is -0.370 e. The van der Waals surface area contributed by atoms with Crippen molar-refractivity contribution in [2.75, 3.05) is 0 Å². The molecule has 4 N–H and O–H groups in total. The molecule has 0 aromatic heterocycles. The first-order valence-electron chi connectivity index (χ1n) is 7.24. The van der Waals surface area contributed by atoms with Crippen LogP contribution in [0.15, 0.2) is 18.2 Å². The topological polar surface area (TPSA) is 69.1 Å². The number of primary amides is 1. The van der Waals surface area contributed by atoms with Crippen LogP contribution in [-0.4, -0.2) is 5.91 Å². The highest BCUT2D eigenvalue weighted by Crippen LogP contribution is 2.21. The zero-order chi connectivity index (χ0) is 14.3. The highest BCUT2D eigenvalue weighted by atomic mass is 16.1. The van der Waals surface area contributed by atoms with Gasteiger partial charge in [-0.25, -0.2) is 0 Å². The number of unbranched alkanes of at least 4 members (excludes halogenated alkanes) is 1. The molecule has 1 atom stereocenters. The van der Waals surface area contributed by atoms with Crippen LogP contribution in [0.5, 0.6) is 0 Å². The number of rotatable bonds is 8. The summed E-state index contributed by atoms with van der Waals surface area (Å²) in [7, 11) is 0. The second-order valence-corrected chi connectivity index (χ2v) is 5.05. The van der Waals surface area contributed by atoms with E-state index in [0.717, 1.165) is 32.1 Å². The number of carbonyl (C=O) groups is 1. The Labute approximate surface area is 116 Å². The zero-order valence-corrected chi connectivity index (χ0v) is 12.1. The molecule has 19 heavy (non-hydrogen) atoms. The van der Waals surface area contributed by atoms with Crippen LogP contribution in [0.3, 0.4) is 0 Å². The van der Waals surface area contributed by atoms with Gasteiger partial charge in [0.25, 0.3) is 0 Å². The third-order valence-electron chi connectivity index (χ3n) is 3.61. The Morgan fingerprint density at radius 2 is 1.84 bits per heavy atom. The van der Waals surface area contributed by atoms with E-state index >= 15 is 0 Å². The SMILES string of the molecule is CCc1ccc(C(N)CCCCC(N)=O)cc1CC. The molecule has 3 nitrogen and oxygen atoms in total. The molecule has 1 aromatic rings. The lowest BCUT2D eigenvalue weighted by Gasteiger charge is -2.15. The molecule has 0 bridgehead atoms. The minimum atomic E-state index is -0.228. The van der Waals surface area contributed by atoms with Gasteiger partial charge in [0.2, 0.25) is 5.91 Å². The molecule has 0 aliphatic rings. The largest absolute Gasteiger partial charge is 0.370 e. The van der Waals surface area contributed by atoms with Gasteiger partial charge in [0, 0.05) is 12.5 Å². The first-order chi connectivity index (χ1) is 9.08. The molecule has 106 valence electrons. The van der Waals surface area contributed by atoms with Crippen molar-refractivity contribution in [1.29, 1.82) is 0 Å². The molecule has 0 aliphatic heterocycles. The molecule has 0 saturated heterocycles. The van der Waals surface area contributed by atoms with E-state index in [9.17, 15) is 4.79 Å². The first-order valence-corrected chi connectivity index (χ1v) is 7.24. The lowest BCUT2D eigenvalue weighted by Crippen LogP contribution is -2.13. The van der Waals surface area contributed by atoms with Crippen molar-refractivity contribution in [2.45, 2.75) is 58.4 Å². The highest BCUT2D eigenvalue weighted by Gasteiger charge is 2.08. The summed E-state index contributed by atoms with van der Waals surface area (Å²) in [6.45, 7) is 4.36. The normalized spacial score (nSPS) is 12.4. The summed E-state index contributed by atoms with van der Waals surface area (Å²) in [6.07, 6.45) is 5.25. The fraction of sp³-hybridized carbons (Fsp3) is 0.562. The quantitative estimate of drug-likeness (QED) is 0.707. The van der Waals surface area contributed by atoms with Crippen LogP contribution in [0, 0.1) is 0 Å². The molecule has 1 rings (SSSR count). The van der Waals surface area contributed by atoms with Crippen molar-refractivity contribution in [3.05, 3.63) is 34.9 Å². The van der Waals surface area contributed by atoms with E-state index in [1.807, 2.05) is 0 Å². The molecule has 0 heterocycles. The van der Waals surface area contributed by atoms with E-state index < -0.39 is 0 Å². The van der Waals surface area contributed by atoms with Gasteiger partial charge in [0.05, 0.1) is 0 Å². The molecule has 1 amide bonds. The van der Waals surface area contributed by atoms with Crippen molar-refractivity contribution in [3.63, 3.8) is 0 Å². The monoisotopic (exact) mass is 262 g/mol. The average molecular weight is 262 g/mol. The lowest BCUT2D eigenvalue weighted by atomic mass is 9.95. The smallest absolute Gasteiger partial charge is 0.217 e. The van der Waals surface area contributed by atoms with E-state index in [1.54, 1.807) is 0 Å². The molecule has 0 radical (unpaired) electrons. The predicted molar refractivity (Wildman–Crippen MR) is 79.8 cm³/mol. The average Bonchev–Trinajstić information content (AvgIpc) is 2.42. The van der Waals surface area contributed by atoms with Crippen molar-refractivity contribution in [1.82, 2.24) is 0 Å². The zero-order valence-electron chi connectivity index (χ0n) is 12.1. The van der Waals surface area contributed by atoms with Crippen LogP contribution in [0.25, 0.3) is 0 Å². The van der Waals surface area contributed by atoms with Gasteiger partial charge >= 0.3 is 0 Å². The Kier molecular flexibility index (Phi) is 6.57. The molecular formula is C16H26N2O. The minimum absolute atomic E-state index is 0.0593. The van der Waals surface area contributed by atoms with Crippen molar-refractivity contribution in [3.8, 4) is 0 Å². The first kappa shape index (κ1) is 15.7. The summed E-state index contributed by atoms with van der Waals surface area (Å²) >= 11 is 0. The van der Waals surface area contributed by atoms with E-state index in [0.29, 0.717) is 6.42 Å². The molecule has 0 aliphatic carbocycles. The fourth-order valence-corrected chi connectivity index (χ4v) is 2.38. The van der Waals surface area contributed by atoms with Crippen LogP contribution in [-0.2, 0) is 17.6 Å². The summed E-state index contributed by atoms with van der Waals surface area (Å²) in [5.41, 5.74) is 15.3. The number of hydrogen-bond donors (Lipinski definition) is 2. The van der Waals surface area contributed by atoms with Gasteiger partial charge in [-0.15, -0.1) is 0 Å². The van der Waals surface area contributed by atoms with E-state index in [1.165, 1.54) is 16.7 Å². The van der Waals surface area contributed by atoms with Crippen molar-refractivity contribution >= 4 is 5.91 Å². The number of aryl methyl sites for hydroxylation is 2. The molecule has 3 heteroatoms. The van der Waals surface area contributed by atoms with Gasteiger partial charge in [0.15, 0.2) is 0 Å². The Hall–Kier alpha value is -1.35. The number of hydrogen-bond acceptors (Lipinski definition) is 2. The number of nitrogens with two attached hydrogens (primary N) is 2. The highest BCUT2D eigenvalue weighted by molar-refractivity contribution is 5.73. The third-order valence-corrected chi connectivity index (χ3v) is 3.61. The van der Waals surface area contributed by atoms with Crippen LogP contribution in [0.1, 0.15) is 62.3 Å². The maximum absolute atomic E-state index is 10.7. The third kappa shape index (κ3) is 5.03. The van der Waals surface area contributed by atoms with E-state index in [-0.39, 0.29) is 11.9 Å². The Morgan fingerprint density at radius 3 is 2.42 bits per heavy atom. The second-order valence-electron chi connectivity index (χ2n) is 5.05. The van der Waals surface area contributed by atoms with Gasteiger partial charge in [0.1, 0.15) is 0 Å². The summed E-state index contributed by atoms with van der Waals surface area (Å²) in [5, 5.41) is 0. The predicted octanol–water partition coefficient (Wildman–Crippen LogP) is 2.86. The molecule has 0 saturated carbocycles. The molecule has 0 spiro atoms. The van der Waals surface area contributed by atoms with Crippen molar-refractivity contribution in [2.24, 2.45) is 11.5 Å². The van der Waals surface area contributed by atoms with Gasteiger partial charge in [-0.05, 0) is 42.4 Å². The van der Waals surface area contributed by atoms with Crippen LogP contribution in [0.4, 0.5) is 0 Å². The summed E-state index contributed by atoms with van der Waals surface area (Å²) < 4.78 is 0. The van der Waals surface area contributed by atoms with Gasteiger partial charge < -0.3 is 11.5 Å². The number of carbonyl (C=O) groups excluding carboxylic acids is 1. The molecule has 1 unspecified atom stereocenters. The molecular weight excluding hydrogens is 236 g/mol. The van der Waals surface area contributed by atoms with Gasteiger partial charge in [-0.2, -0.15) is 0 Å². The summed E-state index contributed by atoms with van der Waals surface area (Å²) in [4.78, 5) is 10.7. The van der Waals surface area contributed by atoms with Crippen LogP contribution >= 0.6 is 0 Å². The lowest BCUT2D eigenvalue weighted by molar-refractivity contribution is -0.118. The Bertz CT molecular complexity index is 415. The van der Waals surface area contributed by atoms with E-state index in [4.69, 9.17) is 11.5 Å². The maximum atomic E-state index is 10.7.